The fourth-order valence-electron chi connectivity index (χ4n) is 2.63. The number of hydrogen-bond donors (Lipinski definition) is 2. The Morgan fingerprint density at radius 1 is 1.07 bits per heavy atom. The molecule has 0 bridgehead atoms. The zero-order valence-corrected chi connectivity index (χ0v) is 16.1. The van der Waals surface area contributed by atoms with Crippen molar-refractivity contribution in [2.45, 2.75) is 38.1 Å². The van der Waals surface area contributed by atoms with Gasteiger partial charge in [-0.25, -0.2) is 0 Å². The van der Waals surface area contributed by atoms with E-state index in [2.05, 4.69) is 10.6 Å². The summed E-state index contributed by atoms with van der Waals surface area (Å²) >= 11 is 0. The van der Waals surface area contributed by atoms with E-state index in [1.54, 1.807) is 0 Å². The molecule has 0 spiro atoms. The molecule has 1 unspecified atom stereocenters. The zero-order valence-electron chi connectivity index (χ0n) is 15.2. The minimum absolute atomic E-state index is 0.0613. The Kier molecular flexibility index (Phi) is 6.32. The van der Waals surface area contributed by atoms with Gasteiger partial charge in [0.15, 0.2) is 0 Å². The van der Waals surface area contributed by atoms with Crippen LogP contribution < -0.4 is 10.6 Å². The van der Waals surface area contributed by atoms with E-state index < -0.39 is 27.1 Å². The quantitative estimate of drug-likeness (QED) is 0.739. The van der Waals surface area contributed by atoms with Crippen molar-refractivity contribution in [1.29, 1.82) is 0 Å². The molecule has 0 radical (unpaired) electrons. The summed E-state index contributed by atoms with van der Waals surface area (Å²) in [4.78, 5) is 23.4. The molecule has 2 aromatic carbocycles. The first-order valence-electron chi connectivity index (χ1n) is 8.25. The molecule has 2 rings (SSSR count). The monoisotopic (exact) mass is 392 g/mol. The van der Waals surface area contributed by atoms with Crippen LogP contribution in [0.2, 0.25) is 0 Å². The minimum atomic E-state index is -4.89. The minimum Gasteiger partial charge on any atom is -0.349 e. The Balaban J connectivity index is 2.18. The van der Waals surface area contributed by atoms with E-state index >= 15 is 0 Å². The van der Waals surface area contributed by atoms with Gasteiger partial charge < -0.3 is 10.6 Å². The van der Waals surface area contributed by atoms with E-state index in [0.717, 1.165) is 17.2 Å². The molecule has 0 aliphatic heterocycles. The lowest BCUT2D eigenvalue weighted by atomic mass is 10.0. The molecule has 2 amide bonds. The Hall–Kier alpha value is -2.74. The van der Waals surface area contributed by atoms with Gasteiger partial charge in [-0.1, -0.05) is 35.9 Å². The van der Waals surface area contributed by atoms with Gasteiger partial charge in [0.2, 0.25) is 11.8 Å². The average Bonchev–Trinajstić information content (AvgIpc) is 2.55. The predicted molar refractivity (Wildman–Crippen MR) is 100 cm³/mol. The van der Waals surface area contributed by atoms with Crippen LogP contribution in [-0.4, -0.2) is 20.2 Å². The lowest BCUT2D eigenvalue weighted by molar-refractivity contribution is -0.120. The molecule has 27 heavy (non-hydrogen) atoms. The maximum Gasteiger partial charge on any atom is 0.332 e. The number of nitrogens with one attached hydrogen (secondary N) is 2. The Morgan fingerprint density at radius 3 is 2.26 bits per heavy atom. The molecule has 6 nitrogen and oxygen atoms in total. The van der Waals surface area contributed by atoms with E-state index in [1.165, 1.54) is 26.0 Å². The SMILES string of the molecule is CC(=O)NC(CC(=O)Nc1ccc(C)c(S(=O)(=O)F)c1)c1ccc(C)cc1. The van der Waals surface area contributed by atoms with Gasteiger partial charge in [-0.05, 0) is 37.1 Å². The molecular weight excluding hydrogens is 371 g/mol. The Labute approximate surface area is 158 Å². The molecule has 0 fully saturated rings. The van der Waals surface area contributed by atoms with Crippen molar-refractivity contribution in [1.82, 2.24) is 5.32 Å². The van der Waals surface area contributed by atoms with Crippen LogP contribution in [0.3, 0.4) is 0 Å². The second kappa shape index (κ2) is 8.30. The van der Waals surface area contributed by atoms with E-state index in [4.69, 9.17) is 0 Å². The first kappa shape index (κ1) is 20.6. The smallest absolute Gasteiger partial charge is 0.332 e. The van der Waals surface area contributed by atoms with Gasteiger partial charge in [-0.3, -0.25) is 9.59 Å². The van der Waals surface area contributed by atoms with E-state index in [9.17, 15) is 21.9 Å². The van der Waals surface area contributed by atoms with Crippen LogP contribution in [0.1, 0.15) is 36.1 Å². The van der Waals surface area contributed by atoms with Crippen LogP contribution in [0, 0.1) is 13.8 Å². The summed E-state index contributed by atoms with van der Waals surface area (Å²) in [5, 5.41) is 5.27. The van der Waals surface area contributed by atoms with Crippen molar-refractivity contribution in [2.24, 2.45) is 0 Å². The second-order valence-corrected chi connectivity index (χ2v) is 7.65. The molecule has 144 valence electrons. The maximum atomic E-state index is 13.3. The molecule has 2 N–H and O–H groups in total. The highest BCUT2D eigenvalue weighted by Gasteiger charge is 2.19. The molecule has 8 heteroatoms. The van der Waals surface area contributed by atoms with Gasteiger partial charge in [0.25, 0.3) is 0 Å². The summed E-state index contributed by atoms with van der Waals surface area (Å²) in [5.74, 6) is -0.727. The van der Waals surface area contributed by atoms with Gasteiger partial charge >= 0.3 is 10.2 Å². The third-order valence-corrected chi connectivity index (χ3v) is 4.95. The first-order chi connectivity index (χ1) is 12.6. The summed E-state index contributed by atoms with van der Waals surface area (Å²) in [6.07, 6.45) is -0.0613. The van der Waals surface area contributed by atoms with Crippen molar-refractivity contribution < 1.29 is 21.9 Å². The number of amides is 2. The number of halogens is 1. The number of aryl methyl sites for hydroxylation is 2. The predicted octanol–water partition coefficient (Wildman–Crippen LogP) is 3.17. The van der Waals surface area contributed by atoms with Crippen LogP contribution in [0.5, 0.6) is 0 Å². The summed E-state index contributed by atoms with van der Waals surface area (Å²) in [6.45, 7) is 4.75. The topological polar surface area (TPSA) is 92.3 Å². The third kappa shape index (κ3) is 5.89. The number of carbonyl (C=O) groups excluding carboxylic acids is 2. The lowest BCUT2D eigenvalue weighted by Crippen LogP contribution is -2.29. The largest absolute Gasteiger partial charge is 0.349 e. The fraction of sp³-hybridized carbons (Fsp3) is 0.263. The highest BCUT2D eigenvalue weighted by molar-refractivity contribution is 7.86. The van der Waals surface area contributed by atoms with E-state index in [0.29, 0.717) is 0 Å². The second-order valence-electron chi connectivity index (χ2n) is 6.33. The van der Waals surface area contributed by atoms with Crippen molar-refractivity contribution in [3.63, 3.8) is 0 Å². The van der Waals surface area contributed by atoms with Crippen molar-refractivity contribution in [3.8, 4) is 0 Å². The maximum absolute atomic E-state index is 13.3. The van der Waals surface area contributed by atoms with Crippen LogP contribution in [0.25, 0.3) is 0 Å². The number of carbonyl (C=O) groups is 2. The molecule has 1 atom stereocenters. The van der Waals surface area contributed by atoms with Gasteiger partial charge in [-0.15, -0.1) is 3.89 Å². The van der Waals surface area contributed by atoms with Crippen molar-refractivity contribution >= 4 is 27.7 Å². The van der Waals surface area contributed by atoms with Gasteiger partial charge in [0.1, 0.15) is 4.90 Å². The van der Waals surface area contributed by atoms with Crippen LogP contribution >= 0.6 is 0 Å². The molecule has 0 aliphatic carbocycles. The summed E-state index contributed by atoms with van der Waals surface area (Å²) < 4.78 is 35.7. The van der Waals surface area contributed by atoms with Gasteiger partial charge in [-0.2, -0.15) is 8.42 Å². The van der Waals surface area contributed by atoms with Crippen LogP contribution in [-0.2, 0) is 19.8 Å². The van der Waals surface area contributed by atoms with Crippen molar-refractivity contribution in [3.05, 3.63) is 59.2 Å². The van der Waals surface area contributed by atoms with E-state index in [1.807, 2.05) is 31.2 Å². The molecule has 0 aliphatic rings. The molecule has 0 aromatic heterocycles. The van der Waals surface area contributed by atoms with Gasteiger partial charge in [0.05, 0.1) is 12.5 Å². The highest BCUT2D eigenvalue weighted by Crippen LogP contribution is 2.23. The Morgan fingerprint density at radius 2 is 1.70 bits per heavy atom. The standard InChI is InChI=1S/C19H21FN2O4S/c1-12-4-7-15(8-5-12)17(21-14(3)23)11-19(24)22-16-9-6-13(2)18(10-16)27(20,25)26/h4-10,17H,11H2,1-3H3,(H,21,23)(H,22,24). The number of benzene rings is 2. The van der Waals surface area contributed by atoms with Gasteiger partial charge in [0, 0.05) is 12.6 Å². The molecule has 0 saturated carbocycles. The first-order valence-corrected chi connectivity index (χ1v) is 9.63. The summed E-state index contributed by atoms with van der Waals surface area (Å²) in [5.41, 5.74) is 2.21. The zero-order chi connectivity index (χ0) is 20.2. The van der Waals surface area contributed by atoms with E-state index in [-0.39, 0.29) is 23.6 Å². The molecule has 0 saturated heterocycles. The number of hydrogen-bond acceptors (Lipinski definition) is 4. The Bertz CT molecular complexity index is 956. The third-order valence-electron chi connectivity index (χ3n) is 3.98. The molecule has 2 aromatic rings. The summed E-state index contributed by atoms with van der Waals surface area (Å²) in [6, 6.07) is 10.8. The molecule has 0 heterocycles. The number of anilines is 1. The average molecular weight is 392 g/mol. The summed E-state index contributed by atoms with van der Waals surface area (Å²) in [7, 11) is -4.89. The lowest BCUT2D eigenvalue weighted by Gasteiger charge is -2.18. The number of rotatable bonds is 6. The normalized spacial score (nSPS) is 12.3. The fourth-order valence-corrected chi connectivity index (χ4v) is 3.35. The van der Waals surface area contributed by atoms with Crippen LogP contribution in [0.15, 0.2) is 47.4 Å². The highest BCUT2D eigenvalue weighted by atomic mass is 32.3. The molecular formula is C19H21FN2O4S. The van der Waals surface area contributed by atoms with Crippen molar-refractivity contribution in [2.75, 3.05) is 5.32 Å². The van der Waals surface area contributed by atoms with Crippen LogP contribution in [0.4, 0.5) is 9.57 Å².